The van der Waals surface area contributed by atoms with E-state index in [2.05, 4.69) is 36.6 Å². The number of hydrogen-bond donors (Lipinski definition) is 0. The zero-order chi connectivity index (χ0) is 25.3. The van der Waals surface area contributed by atoms with Gasteiger partial charge >= 0.3 is 6.09 Å². The summed E-state index contributed by atoms with van der Waals surface area (Å²) >= 11 is 0. The predicted octanol–water partition coefficient (Wildman–Crippen LogP) is 6.42. The standard InChI is InChI=1S/C28H37N3O4/c1-18(2)31-23-16-20(19-12-14-30(15-13-19)27(32)35-28(3,4)5)8-10-22(23)29-26(31)21-9-11-24(33-6)25(17-21)34-7/h8-11,16-19H,12-15H2,1-7H3. The molecule has 7 nitrogen and oxygen atoms in total. The molecule has 1 aliphatic rings. The summed E-state index contributed by atoms with van der Waals surface area (Å²) in [5.41, 5.74) is 3.90. The number of methoxy groups -OCH3 is 2. The van der Waals surface area contributed by atoms with Crippen molar-refractivity contribution < 1.29 is 19.0 Å². The first kappa shape index (κ1) is 24.9. The van der Waals surface area contributed by atoms with Crippen molar-refractivity contribution in [2.75, 3.05) is 27.3 Å². The summed E-state index contributed by atoms with van der Waals surface area (Å²) < 4.78 is 18.8. The molecule has 2 heterocycles. The zero-order valence-electron chi connectivity index (χ0n) is 21.9. The molecule has 3 aromatic rings. The van der Waals surface area contributed by atoms with E-state index in [1.54, 1.807) is 14.2 Å². The fourth-order valence-electron chi connectivity index (χ4n) is 4.79. The third-order valence-electron chi connectivity index (χ3n) is 6.49. The van der Waals surface area contributed by atoms with Crippen molar-refractivity contribution in [3.8, 4) is 22.9 Å². The zero-order valence-corrected chi connectivity index (χ0v) is 21.9. The fraction of sp³-hybridized carbons (Fsp3) is 0.500. The van der Waals surface area contributed by atoms with Crippen molar-refractivity contribution >= 4 is 17.1 Å². The van der Waals surface area contributed by atoms with Gasteiger partial charge in [-0.1, -0.05) is 6.07 Å². The number of rotatable bonds is 5. The van der Waals surface area contributed by atoms with E-state index in [4.69, 9.17) is 19.2 Å². The topological polar surface area (TPSA) is 65.8 Å². The molecule has 0 unspecified atom stereocenters. The highest BCUT2D eigenvalue weighted by Gasteiger charge is 2.28. The van der Waals surface area contributed by atoms with Gasteiger partial charge in [0.1, 0.15) is 11.4 Å². The second kappa shape index (κ2) is 9.80. The van der Waals surface area contributed by atoms with E-state index in [1.807, 2.05) is 43.9 Å². The van der Waals surface area contributed by atoms with Crippen LogP contribution in [0, 0.1) is 0 Å². The van der Waals surface area contributed by atoms with Crippen LogP contribution in [0.1, 0.15) is 65.0 Å². The van der Waals surface area contributed by atoms with Crippen LogP contribution in [0.25, 0.3) is 22.4 Å². The van der Waals surface area contributed by atoms with Crippen LogP contribution in [0.2, 0.25) is 0 Å². The number of piperidine rings is 1. The second-order valence-electron chi connectivity index (χ2n) is 10.5. The molecule has 1 aliphatic heterocycles. The number of carbonyl (C=O) groups excluding carboxylic acids is 1. The van der Waals surface area contributed by atoms with Crippen LogP contribution in [0.4, 0.5) is 4.79 Å². The molecule has 0 bridgehead atoms. The molecule has 2 aromatic carbocycles. The summed E-state index contributed by atoms with van der Waals surface area (Å²) in [6.07, 6.45) is 1.62. The fourth-order valence-corrected chi connectivity index (χ4v) is 4.79. The van der Waals surface area contributed by atoms with Gasteiger partial charge in [0.15, 0.2) is 11.5 Å². The lowest BCUT2D eigenvalue weighted by Crippen LogP contribution is -2.41. The van der Waals surface area contributed by atoms with E-state index in [0.717, 1.165) is 35.3 Å². The highest BCUT2D eigenvalue weighted by molar-refractivity contribution is 5.82. The van der Waals surface area contributed by atoms with E-state index >= 15 is 0 Å². The highest BCUT2D eigenvalue weighted by Crippen LogP contribution is 2.36. The van der Waals surface area contributed by atoms with Crippen LogP contribution in [-0.4, -0.2) is 53.5 Å². The van der Waals surface area contributed by atoms with Crippen molar-refractivity contribution in [3.05, 3.63) is 42.0 Å². The normalized spacial score (nSPS) is 15.0. The molecule has 4 rings (SSSR count). The molecule has 0 atom stereocenters. The molecule has 0 aliphatic carbocycles. The number of amides is 1. The Morgan fingerprint density at radius 1 is 1.00 bits per heavy atom. The Hall–Kier alpha value is -3.22. The maximum atomic E-state index is 12.5. The molecule has 0 N–H and O–H groups in total. The van der Waals surface area contributed by atoms with Gasteiger partial charge in [-0.2, -0.15) is 0 Å². The maximum Gasteiger partial charge on any atom is 0.410 e. The van der Waals surface area contributed by atoms with Gasteiger partial charge in [-0.15, -0.1) is 0 Å². The summed E-state index contributed by atoms with van der Waals surface area (Å²) in [7, 11) is 3.29. The Morgan fingerprint density at radius 2 is 1.69 bits per heavy atom. The van der Waals surface area contributed by atoms with Crippen LogP contribution in [0.5, 0.6) is 11.5 Å². The van der Waals surface area contributed by atoms with Crippen LogP contribution >= 0.6 is 0 Å². The monoisotopic (exact) mass is 479 g/mol. The number of aromatic nitrogens is 2. The lowest BCUT2D eigenvalue weighted by molar-refractivity contribution is 0.0205. The van der Waals surface area contributed by atoms with Crippen molar-refractivity contribution in [2.45, 2.75) is 65.0 Å². The van der Waals surface area contributed by atoms with E-state index < -0.39 is 5.60 Å². The third kappa shape index (κ3) is 5.24. The molecule has 0 saturated carbocycles. The highest BCUT2D eigenvalue weighted by atomic mass is 16.6. The van der Waals surface area contributed by atoms with Crippen LogP contribution in [0.15, 0.2) is 36.4 Å². The molecular weight excluding hydrogens is 442 g/mol. The summed E-state index contributed by atoms with van der Waals surface area (Å²) in [4.78, 5) is 19.3. The minimum atomic E-state index is -0.472. The SMILES string of the molecule is COc1ccc(-c2nc3ccc(C4CCN(C(=O)OC(C)(C)C)CC4)cc3n2C(C)C)cc1OC. The minimum absolute atomic E-state index is 0.219. The smallest absolute Gasteiger partial charge is 0.410 e. The number of fused-ring (bicyclic) bond motifs is 1. The molecule has 1 saturated heterocycles. The van der Waals surface area contributed by atoms with Crippen molar-refractivity contribution in [1.82, 2.24) is 14.5 Å². The maximum absolute atomic E-state index is 12.5. The molecule has 0 spiro atoms. The Labute approximate surface area is 208 Å². The Kier molecular flexibility index (Phi) is 6.97. The van der Waals surface area contributed by atoms with E-state index in [0.29, 0.717) is 30.5 Å². The first-order chi connectivity index (χ1) is 16.6. The molecule has 188 valence electrons. The molecular formula is C28H37N3O4. The number of benzene rings is 2. The molecule has 1 amide bonds. The first-order valence-corrected chi connectivity index (χ1v) is 12.3. The largest absolute Gasteiger partial charge is 0.493 e. The number of likely N-dealkylation sites (tertiary alicyclic amines) is 1. The number of carbonyl (C=O) groups is 1. The van der Waals surface area contributed by atoms with Crippen LogP contribution in [-0.2, 0) is 4.74 Å². The van der Waals surface area contributed by atoms with E-state index in [-0.39, 0.29) is 12.1 Å². The minimum Gasteiger partial charge on any atom is -0.493 e. The summed E-state index contributed by atoms with van der Waals surface area (Å²) in [6, 6.07) is 12.7. The average Bonchev–Trinajstić information content (AvgIpc) is 3.21. The van der Waals surface area contributed by atoms with Gasteiger partial charge in [-0.05, 0) is 89.3 Å². The number of imidazole rings is 1. The number of hydrogen-bond acceptors (Lipinski definition) is 5. The number of nitrogens with zero attached hydrogens (tertiary/aromatic N) is 3. The van der Waals surface area contributed by atoms with E-state index in [1.165, 1.54) is 5.56 Å². The van der Waals surface area contributed by atoms with Crippen molar-refractivity contribution in [3.63, 3.8) is 0 Å². The summed E-state index contributed by atoms with van der Waals surface area (Å²) in [5.74, 6) is 2.69. The Morgan fingerprint density at radius 3 is 2.29 bits per heavy atom. The van der Waals surface area contributed by atoms with Gasteiger partial charge in [0.25, 0.3) is 0 Å². The van der Waals surface area contributed by atoms with Gasteiger partial charge in [0, 0.05) is 24.7 Å². The molecule has 0 radical (unpaired) electrons. The van der Waals surface area contributed by atoms with Crippen molar-refractivity contribution in [2.24, 2.45) is 0 Å². The Balaban J connectivity index is 1.62. The second-order valence-corrected chi connectivity index (χ2v) is 10.5. The van der Waals surface area contributed by atoms with Gasteiger partial charge in [0.05, 0.1) is 25.3 Å². The molecule has 7 heteroatoms. The van der Waals surface area contributed by atoms with Gasteiger partial charge < -0.3 is 23.7 Å². The third-order valence-corrected chi connectivity index (χ3v) is 6.49. The van der Waals surface area contributed by atoms with Gasteiger partial charge in [0.2, 0.25) is 0 Å². The first-order valence-electron chi connectivity index (χ1n) is 12.3. The van der Waals surface area contributed by atoms with Crippen LogP contribution < -0.4 is 9.47 Å². The molecule has 1 aromatic heterocycles. The summed E-state index contributed by atoms with van der Waals surface area (Å²) in [5, 5.41) is 0. The van der Waals surface area contributed by atoms with Gasteiger partial charge in [-0.3, -0.25) is 0 Å². The molecule has 35 heavy (non-hydrogen) atoms. The average molecular weight is 480 g/mol. The Bertz CT molecular complexity index is 1200. The van der Waals surface area contributed by atoms with E-state index in [9.17, 15) is 4.79 Å². The number of ether oxygens (including phenoxy) is 3. The lowest BCUT2D eigenvalue weighted by atomic mass is 9.89. The summed E-state index contributed by atoms with van der Waals surface area (Å²) in [6.45, 7) is 11.5. The van der Waals surface area contributed by atoms with Gasteiger partial charge in [-0.25, -0.2) is 9.78 Å². The van der Waals surface area contributed by atoms with Crippen molar-refractivity contribution in [1.29, 1.82) is 0 Å². The molecule has 1 fully saturated rings. The lowest BCUT2D eigenvalue weighted by Gasteiger charge is -2.33. The predicted molar refractivity (Wildman–Crippen MR) is 138 cm³/mol. The van der Waals surface area contributed by atoms with Crippen LogP contribution in [0.3, 0.4) is 0 Å². The quantitative estimate of drug-likeness (QED) is 0.423.